The van der Waals surface area contributed by atoms with E-state index in [0.717, 1.165) is 32.4 Å². The number of rotatable bonds is 3. The lowest BCUT2D eigenvalue weighted by Crippen LogP contribution is -2.65. The second kappa shape index (κ2) is 6.60. The van der Waals surface area contributed by atoms with E-state index < -0.39 is 0 Å². The molecule has 2 unspecified atom stereocenters. The number of fused-ring (bicyclic) bond motifs is 3. The summed E-state index contributed by atoms with van der Waals surface area (Å²) in [6.45, 7) is 2.33. The van der Waals surface area contributed by atoms with Gasteiger partial charge in [-0.25, -0.2) is 0 Å². The Labute approximate surface area is 162 Å². The molecule has 6 rings (SSSR count). The Morgan fingerprint density at radius 3 is 1.96 bits per heavy atom. The SMILES string of the molecule is O=C1CC2(N3CCCCC3)CCC1C(c1ccccc1)(c1ccccc1)C2. The molecule has 2 aromatic carbocycles. The van der Waals surface area contributed by atoms with Gasteiger partial charge in [0.1, 0.15) is 5.78 Å². The van der Waals surface area contributed by atoms with Gasteiger partial charge in [0.05, 0.1) is 0 Å². The molecule has 2 aromatic rings. The van der Waals surface area contributed by atoms with E-state index in [4.69, 9.17) is 0 Å². The topological polar surface area (TPSA) is 20.3 Å². The fraction of sp³-hybridized carbons (Fsp3) is 0.480. The molecule has 1 aliphatic heterocycles. The lowest BCUT2D eigenvalue weighted by atomic mass is 9.48. The van der Waals surface area contributed by atoms with Crippen LogP contribution in [0.25, 0.3) is 0 Å². The van der Waals surface area contributed by atoms with E-state index in [0.29, 0.717) is 5.78 Å². The largest absolute Gasteiger partial charge is 0.299 e. The first kappa shape index (κ1) is 17.2. The average molecular weight is 360 g/mol. The van der Waals surface area contributed by atoms with Crippen molar-refractivity contribution in [3.63, 3.8) is 0 Å². The van der Waals surface area contributed by atoms with Crippen molar-refractivity contribution in [3.05, 3.63) is 71.8 Å². The van der Waals surface area contributed by atoms with Gasteiger partial charge in [0.15, 0.2) is 0 Å². The molecule has 0 aromatic heterocycles. The monoisotopic (exact) mass is 359 g/mol. The molecule has 1 heterocycles. The van der Waals surface area contributed by atoms with E-state index in [1.54, 1.807) is 0 Å². The minimum Gasteiger partial charge on any atom is -0.299 e. The summed E-state index contributed by atoms with van der Waals surface area (Å²) < 4.78 is 0. The Morgan fingerprint density at radius 2 is 1.41 bits per heavy atom. The van der Waals surface area contributed by atoms with Crippen LogP contribution >= 0.6 is 0 Å². The summed E-state index contributed by atoms with van der Waals surface area (Å²) in [5.41, 5.74) is 2.54. The maximum atomic E-state index is 13.4. The highest BCUT2D eigenvalue weighted by Crippen LogP contribution is 2.59. The number of likely N-dealkylation sites (tertiary alicyclic amines) is 1. The van der Waals surface area contributed by atoms with Crippen LogP contribution in [0, 0.1) is 5.92 Å². The van der Waals surface area contributed by atoms with Crippen molar-refractivity contribution in [1.82, 2.24) is 4.90 Å². The maximum absolute atomic E-state index is 13.4. The highest BCUT2D eigenvalue weighted by atomic mass is 16.1. The zero-order valence-corrected chi connectivity index (χ0v) is 16.1. The molecule has 4 fully saturated rings. The van der Waals surface area contributed by atoms with Gasteiger partial charge < -0.3 is 0 Å². The zero-order chi connectivity index (χ0) is 18.3. The summed E-state index contributed by atoms with van der Waals surface area (Å²) >= 11 is 0. The van der Waals surface area contributed by atoms with Crippen LogP contribution in [0.15, 0.2) is 60.7 Å². The lowest BCUT2D eigenvalue weighted by molar-refractivity contribution is -0.142. The van der Waals surface area contributed by atoms with Crippen molar-refractivity contribution < 1.29 is 4.79 Å². The zero-order valence-electron chi connectivity index (χ0n) is 16.1. The summed E-state index contributed by atoms with van der Waals surface area (Å²) in [5, 5.41) is 0. The van der Waals surface area contributed by atoms with Crippen molar-refractivity contribution in [2.24, 2.45) is 5.92 Å². The van der Waals surface area contributed by atoms with Gasteiger partial charge in [-0.15, -0.1) is 0 Å². The summed E-state index contributed by atoms with van der Waals surface area (Å²) in [4.78, 5) is 16.1. The van der Waals surface area contributed by atoms with E-state index in [1.807, 2.05) is 0 Å². The van der Waals surface area contributed by atoms with Crippen LogP contribution in [0.3, 0.4) is 0 Å². The van der Waals surface area contributed by atoms with Crippen LogP contribution in [-0.4, -0.2) is 29.3 Å². The standard InChI is InChI=1S/C25H29NO/c27-23-18-24(26-16-8-3-9-17-26)15-14-22(23)25(19-24,20-10-4-1-5-11-20)21-12-6-2-7-13-21/h1-2,4-7,10-13,22H,3,8-9,14-19H2. The van der Waals surface area contributed by atoms with Gasteiger partial charge in [-0.2, -0.15) is 0 Å². The maximum Gasteiger partial charge on any atom is 0.139 e. The van der Waals surface area contributed by atoms with Gasteiger partial charge in [-0.1, -0.05) is 67.1 Å². The van der Waals surface area contributed by atoms with Crippen LogP contribution in [-0.2, 0) is 10.2 Å². The van der Waals surface area contributed by atoms with Gasteiger partial charge in [0.25, 0.3) is 0 Å². The van der Waals surface area contributed by atoms with Crippen LogP contribution < -0.4 is 0 Å². The van der Waals surface area contributed by atoms with Gasteiger partial charge in [0, 0.05) is 23.3 Å². The van der Waals surface area contributed by atoms with Crippen LogP contribution in [0.4, 0.5) is 0 Å². The Balaban J connectivity index is 1.68. The van der Waals surface area contributed by atoms with E-state index in [2.05, 4.69) is 65.6 Å². The molecule has 2 nitrogen and oxygen atoms in total. The lowest BCUT2D eigenvalue weighted by Gasteiger charge is -2.61. The first-order valence-corrected chi connectivity index (χ1v) is 10.6. The van der Waals surface area contributed by atoms with E-state index >= 15 is 0 Å². The summed E-state index contributed by atoms with van der Waals surface area (Å²) in [6, 6.07) is 21.8. The average Bonchev–Trinajstić information content (AvgIpc) is 2.75. The minimum atomic E-state index is -0.173. The van der Waals surface area contributed by atoms with E-state index in [-0.39, 0.29) is 16.9 Å². The third kappa shape index (κ3) is 2.61. The third-order valence-electron chi connectivity index (χ3n) is 7.60. The van der Waals surface area contributed by atoms with E-state index in [9.17, 15) is 4.79 Å². The Bertz CT molecular complexity index is 769. The molecule has 3 aliphatic carbocycles. The van der Waals surface area contributed by atoms with Crippen molar-refractivity contribution in [3.8, 4) is 0 Å². The number of hydrogen-bond donors (Lipinski definition) is 0. The second-order valence-corrected chi connectivity index (χ2v) is 8.89. The molecule has 0 radical (unpaired) electrons. The molecule has 27 heavy (non-hydrogen) atoms. The van der Waals surface area contributed by atoms with Gasteiger partial charge in [-0.3, -0.25) is 9.69 Å². The van der Waals surface area contributed by atoms with Crippen molar-refractivity contribution in [2.45, 2.75) is 55.9 Å². The Morgan fingerprint density at radius 1 is 0.815 bits per heavy atom. The second-order valence-electron chi connectivity index (χ2n) is 8.89. The van der Waals surface area contributed by atoms with Crippen molar-refractivity contribution >= 4 is 5.78 Å². The quantitative estimate of drug-likeness (QED) is 0.771. The number of nitrogens with zero attached hydrogens (tertiary/aromatic N) is 1. The van der Waals surface area contributed by atoms with Gasteiger partial charge in [-0.05, 0) is 56.3 Å². The number of piperidine rings is 1. The summed E-state index contributed by atoms with van der Waals surface area (Å²) in [6.07, 6.45) is 7.96. The third-order valence-corrected chi connectivity index (χ3v) is 7.60. The molecular formula is C25H29NO. The fourth-order valence-electron chi connectivity index (χ4n) is 6.42. The fourth-order valence-corrected chi connectivity index (χ4v) is 6.42. The molecule has 2 heteroatoms. The Kier molecular flexibility index (Phi) is 4.20. The minimum absolute atomic E-state index is 0.0535. The number of Topliss-reactive ketones (excluding diaryl/α,β-unsaturated/α-hetero) is 1. The molecule has 3 saturated carbocycles. The highest BCUT2D eigenvalue weighted by molar-refractivity contribution is 5.87. The van der Waals surface area contributed by atoms with Crippen LogP contribution in [0.1, 0.15) is 56.1 Å². The van der Waals surface area contributed by atoms with Crippen molar-refractivity contribution in [2.75, 3.05) is 13.1 Å². The molecule has 0 spiro atoms. The summed E-state index contributed by atoms with van der Waals surface area (Å²) in [5.74, 6) is 0.611. The predicted octanol–water partition coefficient (Wildman–Crippen LogP) is 4.97. The number of hydrogen-bond acceptors (Lipinski definition) is 2. The number of carbonyl (C=O) groups excluding carboxylic acids is 1. The van der Waals surface area contributed by atoms with Gasteiger partial charge >= 0.3 is 0 Å². The molecule has 1 saturated heterocycles. The first-order chi connectivity index (χ1) is 13.2. The molecule has 0 N–H and O–H groups in total. The number of benzene rings is 2. The molecule has 4 aliphatic rings. The molecule has 0 amide bonds. The normalized spacial score (nSPS) is 30.4. The smallest absolute Gasteiger partial charge is 0.139 e. The van der Waals surface area contributed by atoms with E-state index in [1.165, 1.54) is 36.8 Å². The summed E-state index contributed by atoms with van der Waals surface area (Å²) in [7, 11) is 0. The van der Waals surface area contributed by atoms with Crippen molar-refractivity contribution in [1.29, 1.82) is 0 Å². The van der Waals surface area contributed by atoms with Crippen LogP contribution in [0.5, 0.6) is 0 Å². The predicted molar refractivity (Wildman–Crippen MR) is 109 cm³/mol. The molecule has 2 atom stereocenters. The van der Waals surface area contributed by atoms with Crippen LogP contribution in [0.2, 0.25) is 0 Å². The molecular weight excluding hydrogens is 330 g/mol. The molecule has 140 valence electrons. The highest BCUT2D eigenvalue weighted by Gasteiger charge is 2.61. The van der Waals surface area contributed by atoms with Gasteiger partial charge in [0.2, 0.25) is 0 Å². The number of carbonyl (C=O) groups is 1. The Hall–Kier alpha value is -1.93. The molecule has 2 bridgehead atoms. The first-order valence-electron chi connectivity index (χ1n) is 10.6. The number of ketones is 1.